The van der Waals surface area contributed by atoms with Gasteiger partial charge in [0.15, 0.2) is 0 Å². The lowest BCUT2D eigenvalue weighted by Gasteiger charge is -2.33. The van der Waals surface area contributed by atoms with Crippen molar-refractivity contribution in [1.29, 1.82) is 0 Å². The topological polar surface area (TPSA) is 69.6 Å². The molecule has 120 valence electrons. The molecule has 0 aromatic carbocycles. The normalized spacial score (nSPS) is 33.8. The second-order valence-electron chi connectivity index (χ2n) is 6.54. The van der Waals surface area contributed by atoms with E-state index in [0.717, 1.165) is 45.3 Å². The Balaban J connectivity index is 1.93. The lowest BCUT2D eigenvalue weighted by atomic mass is 9.94. The number of hydrogen-bond acceptors (Lipinski definition) is 3. The van der Waals surface area contributed by atoms with Gasteiger partial charge in [0.1, 0.15) is 0 Å². The Labute approximate surface area is 127 Å². The van der Waals surface area contributed by atoms with E-state index in [2.05, 4.69) is 24.1 Å². The van der Waals surface area contributed by atoms with Crippen LogP contribution in [0.4, 0.5) is 0 Å². The predicted molar refractivity (Wildman–Crippen MR) is 80.9 cm³/mol. The van der Waals surface area contributed by atoms with Crippen LogP contribution < -0.4 is 5.32 Å². The van der Waals surface area contributed by atoms with Crippen LogP contribution in [-0.4, -0.2) is 47.6 Å². The summed E-state index contributed by atoms with van der Waals surface area (Å²) in [4.78, 5) is 26.2. The minimum Gasteiger partial charge on any atom is -0.481 e. The number of rotatable bonds is 5. The molecule has 0 aromatic heterocycles. The van der Waals surface area contributed by atoms with E-state index >= 15 is 0 Å². The van der Waals surface area contributed by atoms with Crippen LogP contribution in [0, 0.1) is 17.8 Å². The van der Waals surface area contributed by atoms with Crippen molar-refractivity contribution in [3.63, 3.8) is 0 Å². The summed E-state index contributed by atoms with van der Waals surface area (Å²) in [6, 6.07) is 0.182. The van der Waals surface area contributed by atoms with E-state index in [1.54, 1.807) is 0 Å². The summed E-state index contributed by atoms with van der Waals surface area (Å²) in [6.07, 6.45) is 4.44. The Bertz CT molecular complexity index is 386. The van der Waals surface area contributed by atoms with Crippen LogP contribution in [-0.2, 0) is 9.59 Å². The van der Waals surface area contributed by atoms with Gasteiger partial charge in [0.25, 0.3) is 0 Å². The number of carbonyl (C=O) groups is 2. The third kappa shape index (κ3) is 3.96. The molecule has 2 aliphatic rings. The summed E-state index contributed by atoms with van der Waals surface area (Å²) >= 11 is 0. The van der Waals surface area contributed by atoms with Gasteiger partial charge in [-0.05, 0) is 44.7 Å². The number of likely N-dealkylation sites (N-methyl/N-ethyl adjacent to an activating group) is 1. The van der Waals surface area contributed by atoms with Gasteiger partial charge in [0, 0.05) is 12.6 Å². The van der Waals surface area contributed by atoms with Crippen molar-refractivity contribution >= 4 is 11.9 Å². The number of carboxylic acid groups (broad SMARTS) is 1. The summed E-state index contributed by atoms with van der Waals surface area (Å²) in [5.41, 5.74) is 0. The van der Waals surface area contributed by atoms with Crippen LogP contribution >= 0.6 is 0 Å². The molecule has 2 rings (SSSR count). The lowest BCUT2D eigenvalue weighted by Crippen LogP contribution is -2.49. The number of carboxylic acids is 1. The van der Waals surface area contributed by atoms with Crippen LogP contribution in [0.25, 0.3) is 0 Å². The van der Waals surface area contributed by atoms with Gasteiger partial charge in [-0.15, -0.1) is 0 Å². The maximum atomic E-state index is 12.5. The SMILES string of the molecule is CCC1CC(C(=O)O)C(C(=O)NC2CCCN(CC)C2)C1. The number of amides is 1. The van der Waals surface area contributed by atoms with E-state index in [0.29, 0.717) is 12.3 Å². The zero-order valence-corrected chi connectivity index (χ0v) is 13.2. The highest BCUT2D eigenvalue weighted by atomic mass is 16.4. The van der Waals surface area contributed by atoms with Gasteiger partial charge in [-0.3, -0.25) is 9.59 Å². The molecule has 21 heavy (non-hydrogen) atoms. The summed E-state index contributed by atoms with van der Waals surface area (Å²) in [5, 5.41) is 12.5. The molecule has 4 unspecified atom stereocenters. The molecule has 0 aromatic rings. The first-order valence-electron chi connectivity index (χ1n) is 8.30. The molecule has 1 saturated heterocycles. The molecule has 1 aliphatic heterocycles. The maximum absolute atomic E-state index is 12.5. The molecular weight excluding hydrogens is 268 g/mol. The third-order valence-electron chi connectivity index (χ3n) is 5.19. The molecule has 1 aliphatic carbocycles. The molecule has 5 nitrogen and oxygen atoms in total. The van der Waals surface area contributed by atoms with Gasteiger partial charge in [0.05, 0.1) is 11.8 Å². The van der Waals surface area contributed by atoms with Crippen LogP contribution in [0.15, 0.2) is 0 Å². The Kier molecular flexibility index (Phi) is 5.62. The number of hydrogen-bond donors (Lipinski definition) is 2. The molecule has 0 radical (unpaired) electrons. The Morgan fingerprint density at radius 2 is 1.95 bits per heavy atom. The van der Waals surface area contributed by atoms with Gasteiger partial charge in [-0.2, -0.15) is 0 Å². The van der Waals surface area contributed by atoms with E-state index in [1.165, 1.54) is 0 Å². The number of carbonyl (C=O) groups excluding carboxylic acids is 1. The summed E-state index contributed by atoms with van der Waals surface area (Å²) in [5.74, 6) is -1.32. The molecule has 1 amide bonds. The van der Waals surface area contributed by atoms with E-state index in [4.69, 9.17) is 0 Å². The van der Waals surface area contributed by atoms with Crippen molar-refractivity contribution in [2.75, 3.05) is 19.6 Å². The number of aliphatic carboxylic acids is 1. The third-order valence-corrected chi connectivity index (χ3v) is 5.19. The van der Waals surface area contributed by atoms with Crippen molar-refractivity contribution < 1.29 is 14.7 Å². The number of nitrogens with zero attached hydrogens (tertiary/aromatic N) is 1. The zero-order valence-electron chi connectivity index (χ0n) is 13.2. The largest absolute Gasteiger partial charge is 0.481 e. The number of nitrogens with one attached hydrogen (secondary N) is 1. The van der Waals surface area contributed by atoms with E-state index in [-0.39, 0.29) is 17.9 Å². The number of piperidine rings is 1. The summed E-state index contributed by atoms with van der Waals surface area (Å²) < 4.78 is 0. The predicted octanol–water partition coefficient (Wildman–Crippen LogP) is 1.72. The second-order valence-corrected chi connectivity index (χ2v) is 6.54. The van der Waals surface area contributed by atoms with Crippen LogP contribution in [0.3, 0.4) is 0 Å². The quantitative estimate of drug-likeness (QED) is 0.810. The average molecular weight is 296 g/mol. The average Bonchev–Trinajstić information content (AvgIpc) is 2.92. The highest BCUT2D eigenvalue weighted by molar-refractivity contribution is 5.85. The van der Waals surface area contributed by atoms with Gasteiger partial charge >= 0.3 is 5.97 Å². The molecule has 2 N–H and O–H groups in total. The fourth-order valence-corrected chi connectivity index (χ4v) is 3.81. The molecule has 0 spiro atoms. The molecule has 2 fully saturated rings. The van der Waals surface area contributed by atoms with E-state index in [9.17, 15) is 14.7 Å². The van der Waals surface area contributed by atoms with Crippen molar-refractivity contribution in [1.82, 2.24) is 10.2 Å². The first-order valence-corrected chi connectivity index (χ1v) is 8.30. The van der Waals surface area contributed by atoms with E-state index < -0.39 is 11.9 Å². The molecule has 1 saturated carbocycles. The smallest absolute Gasteiger partial charge is 0.307 e. The second kappa shape index (κ2) is 7.25. The Hall–Kier alpha value is -1.10. The van der Waals surface area contributed by atoms with Crippen molar-refractivity contribution in [2.45, 2.75) is 52.0 Å². The first-order chi connectivity index (χ1) is 10.0. The minimum absolute atomic E-state index is 0.0405. The fraction of sp³-hybridized carbons (Fsp3) is 0.875. The molecular formula is C16H28N2O3. The lowest BCUT2D eigenvalue weighted by molar-refractivity contribution is -0.146. The van der Waals surface area contributed by atoms with Gasteiger partial charge in [0.2, 0.25) is 5.91 Å². The van der Waals surface area contributed by atoms with Crippen LogP contribution in [0.1, 0.15) is 46.0 Å². The van der Waals surface area contributed by atoms with Gasteiger partial charge in [-0.1, -0.05) is 20.3 Å². The van der Waals surface area contributed by atoms with E-state index in [1.807, 2.05) is 0 Å². The summed E-state index contributed by atoms with van der Waals surface area (Å²) in [7, 11) is 0. The Morgan fingerprint density at radius 1 is 1.24 bits per heavy atom. The van der Waals surface area contributed by atoms with Crippen LogP contribution in [0.5, 0.6) is 0 Å². The molecule has 5 heteroatoms. The fourth-order valence-electron chi connectivity index (χ4n) is 3.81. The molecule has 4 atom stereocenters. The highest BCUT2D eigenvalue weighted by Crippen LogP contribution is 2.38. The van der Waals surface area contributed by atoms with Gasteiger partial charge in [-0.25, -0.2) is 0 Å². The zero-order chi connectivity index (χ0) is 15.4. The molecule has 1 heterocycles. The maximum Gasteiger partial charge on any atom is 0.307 e. The van der Waals surface area contributed by atoms with Crippen molar-refractivity contribution in [3.05, 3.63) is 0 Å². The van der Waals surface area contributed by atoms with Gasteiger partial charge < -0.3 is 15.3 Å². The van der Waals surface area contributed by atoms with Crippen molar-refractivity contribution in [2.24, 2.45) is 17.8 Å². The Morgan fingerprint density at radius 3 is 2.57 bits per heavy atom. The monoisotopic (exact) mass is 296 g/mol. The standard InChI is InChI=1S/C16H28N2O3/c1-3-11-8-13(14(9-11)16(20)21)15(19)17-12-6-5-7-18(4-2)10-12/h11-14H,3-10H2,1-2H3,(H,17,19)(H,20,21). The highest BCUT2D eigenvalue weighted by Gasteiger charge is 2.42. The van der Waals surface area contributed by atoms with Crippen LogP contribution in [0.2, 0.25) is 0 Å². The number of likely N-dealkylation sites (tertiary alicyclic amines) is 1. The first kappa shape index (κ1) is 16.3. The van der Waals surface area contributed by atoms with Crippen molar-refractivity contribution in [3.8, 4) is 0 Å². The summed E-state index contributed by atoms with van der Waals surface area (Å²) in [6.45, 7) is 7.20. The minimum atomic E-state index is -0.815. The molecule has 0 bridgehead atoms.